The quantitative estimate of drug-likeness (QED) is 0.902. The molecular weight excluding hydrogens is 236 g/mol. The standard InChI is InChI=1S/C17H20O2/c18-17(10-4-1-5-11-17)13-19-16-9-8-14-6-2-3-7-15(14)12-16/h2-3,6-9,12,18H,1,4-5,10-11,13H2. The third kappa shape index (κ3) is 2.90. The SMILES string of the molecule is OC1(COc2ccc3ccccc3c2)CCCCC1. The molecule has 100 valence electrons. The number of aliphatic hydroxyl groups is 1. The van der Waals surface area contributed by atoms with E-state index in [9.17, 15) is 5.11 Å². The second-order valence-electron chi connectivity index (χ2n) is 5.58. The lowest BCUT2D eigenvalue weighted by atomic mass is 9.85. The topological polar surface area (TPSA) is 29.5 Å². The van der Waals surface area contributed by atoms with Gasteiger partial charge >= 0.3 is 0 Å². The molecule has 3 rings (SSSR count). The Morgan fingerprint density at radius 1 is 0.947 bits per heavy atom. The second kappa shape index (κ2) is 5.22. The van der Waals surface area contributed by atoms with Crippen molar-refractivity contribution in [2.75, 3.05) is 6.61 Å². The summed E-state index contributed by atoms with van der Waals surface area (Å²) in [5, 5.41) is 12.8. The third-order valence-electron chi connectivity index (χ3n) is 4.01. The van der Waals surface area contributed by atoms with Crippen LogP contribution in [0.2, 0.25) is 0 Å². The second-order valence-corrected chi connectivity index (χ2v) is 5.58. The van der Waals surface area contributed by atoms with E-state index in [-0.39, 0.29) is 0 Å². The van der Waals surface area contributed by atoms with E-state index in [0.717, 1.165) is 31.4 Å². The van der Waals surface area contributed by atoms with E-state index in [4.69, 9.17) is 4.74 Å². The molecule has 2 aromatic carbocycles. The number of benzene rings is 2. The molecule has 0 amide bonds. The van der Waals surface area contributed by atoms with Crippen LogP contribution in [0.25, 0.3) is 10.8 Å². The minimum atomic E-state index is -0.621. The van der Waals surface area contributed by atoms with Crippen molar-refractivity contribution in [1.29, 1.82) is 0 Å². The van der Waals surface area contributed by atoms with Crippen molar-refractivity contribution in [2.45, 2.75) is 37.7 Å². The van der Waals surface area contributed by atoms with Gasteiger partial charge in [0.05, 0.1) is 5.60 Å². The molecule has 1 fully saturated rings. The van der Waals surface area contributed by atoms with Crippen LogP contribution in [0.4, 0.5) is 0 Å². The monoisotopic (exact) mass is 256 g/mol. The van der Waals surface area contributed by atoms with Crippen LogP contribution in [0.15, 0.2) is 42.5 Å². The number of hydrogen-bond donors (Lipinski definition) is 1. The van der Waals surface area contributed by atoms with Gasteiger partial charge in [0, 0.05) is 0 Å². The van der Waals surface area contributed by atoms with Crippen LogP contribution in [0.1, 0.15) is 32.1 Å². The summed E-state index contributed by atoms with van der Waals surface area (Å²) in [6.45, 7) is 0.408. The molecule has 2 aromatic rings. The highest BCUT2D eigenvalue weighted by molar-refractivity contribution is 5.83. The van der Waals surface area contributed by atoms with Crippen molar-refractivity contribution in [1.82, 2.24) is 0 Å². The lowest BCUT2D eigenvalue weighted by molar-refractivity contribution is -0.0338. The van der Waals surface area contributed by atoms with Crippen LogP contribution in [0.3, 0.4) is 0 Å². The molecule has 0 bridgehead atoms. The van der Waals surface area contributed by atoms with E-state index in [1.807, 2.05) is 24.3 Å². The molecule has 1 saturated carbocycles. The molecular formula is C17H20O2. The smallest absolute Gasteiger partial charge is 0.120 e. The summed E-state index contributed by atoms with van der Waals surface area (Å²) in [6, 6.07) is 14.3. The summed E-state index contributed by atoms with van der Waals surface area (Å²) in [5.41, 5.74) is -0.621. The lowest BCUT2D eigenvalue weighted by Gasteiger charge is -2.31. The fraction of sp³-hybridized carbons (Fsp3) is 0.412. The third-order valence-corrected chi connectivity index (χ3v) is 4.01. The molecule has 0 radical (unpaired) electrons. The van der Waals surface area contributed by atoms with E-state index >= 15 is 0 Å². The molecule has 2 nitrogen and oxygen atoms in total. The first-order valence-electron chi connectivity index (χ1n) is 7.09. The lowest BCUT2D eigenvalue weighted by Crippen LogP contribution is -2.37. The number of ether oxygens (including phenoxy) is 1. The van der Waals surface area contributed by atoms with Gasteiger partial charge in [-0.15, -0.1) is 0 Å². The highest BCUT2D eigenvalue weighted by atomic mass is 16.5. The summed E-state index contributed by atoms with van der Waals surface area (Å²) in [6.07, 6.45) is 5.18. The van der Waals surface area contributed by atoms with E-state index < -0.39 is 5.60 Å². The van der Waals surface area contributed by atoms with Crippen molar-refractivity contribution < 1.29 is 9.84 Å². The Labute approximate surface area is 114 Å². The predicted octanol–water partition coefficient (Wildman–Crippen LogP) is 3.91. The summed E-state index contributed by atoms with van der Waals surface area (Å²) in [5.74, 6) is 0.845. The van der Waals surface area contributed by atoms with Gasteiger partial charge < -0.3 is 9.84 Å². The van der Waals surface area contributed by atoms with Crippen molar-refractivity contribution >= 4 is 10.8 Å². The molecule has 1 N–H and O–H groups in total. The Morgan fingerprint density at radius 3 is 2.47 bits per heavy atom. The minimum absolute atomic E-state index is 0.408. The van der Waals surface area contributed by atoms with E-state index in [1.54, 1.807) is 0 Å². The maximum atomic E-state index is 10.4. The van der Waals surface area contributed by atoms with Crippen LogP contribution in [0.5, 0.6) is 5.75 Å². The fourth-order valence-corrected chi connectivity index (χ4v) is 2.83. The highest BCUT2D eigenvalue weighted by Gasteiger charge is 2.29. The van der Waals surface area contributed by atoms with Crippen molar-refractivity contribution in [3.8, 4) is 5.75 Å². The Bertz CT molecular complexity index is 556. The van der Waals surface area contributed by atoms with Crippen molar-refractivity contribution in [3.05, 3.63) is 42.5 Å². The maximum absolute atomic E-state index is 10.4. The zero-order chi connectivity index (χ0) is 13.1. The van der Waals surface area contributed by atoms with Crippen LogP contribution >= 0.6 is 0 Å². The zero-order valence-corrected chi connectivity index (χ0v) is 11.1. The summed E-state index contributed by atoms with van der Waals surface area (Å²) in [4.78, 5) is 0. The molecule has 2 heteroatoms. The molecule has 0 aromatic heterocycles. The summed E-state index contributed by atoms with van der Waals surface area (Å²) in [7, 11) is 0. The van der Waals surface area contributed by atoms with Gasteiger partial charge in [0.15, 0.2) is 0 Å². The average Bonchev–Trinajstić information content (AvgIpc) is 2.46. The van der Waals surface area contributed by atoms with Crippen molar-refractivity contribution in [2.24, 2.45) is 0 Å². The number of fused-ring (bicyclic) bond motifs is 1. The van der Waals surface area contributed by atoms with Gasteiger partial charge in [0.1, 0.15) is 12.4 Å². The van der Waals surface area contributed by atoms with Crippen LogP contribution in [-0.4, -0.2) is 17.3 Å². The first-order valence-corrected chi connectivity index (χ1v) is 7.09. The molecule has 0 unspecified atom stereocenters. The van der Waals surface area contributed by atoms with Gasteiger partial charge in [-0.3, -0.25) is 0 Å². The van der Waals surface area contributed by atoms with Gasteiger partial charge in [-0.1, -0.05) is 49.6 Å². The summed E-state index contributed by atoms with van der Waals surface area (Å²) < 4.78 is 5.81. The molecule has 0 atom stereocenters. The molecule has 0 aliphatic heterocycles. The first-order chi connectivity index (χ1) is 9.25. The van der Waals surface area contributed by atoms with Gasteiger partial charge in [-0.2, -0.15) is 0 Å². The Kier molecular flexibility index (Phi) is 3.43. The first kappa shape index (κ1) is 12.5. The average molecular weight is 256 g/mol. The fourth-order valence-electron chi connectivity index (χ4n) is 2.83. The normalized spacial score (nSPS) is 18.4. The molecule has 1 aliphatic rings. The van der Waals surface area contributed by atoms with E-state index in [2.05, 4.69) is 18.2 Å². The molecule has 0 heterocycles. The molecule has 1 aliphatic carbocycles. The Morgan fingerprint density at radius 2 is 1.68 bits per heavy atom. The minimum Gasteiger partial charge on any atom is -0.491 e. The predicted molar refractivity (Wildman–Crippen MR) is 77.5 cm³/mol. The number of rotatable bonds is 3. The molecule has 19 heavy (non-hydrogen) atoms. The van der Waals surface area contributed by atoms with Gasteiger partial charge in [-0.05, 0) is 35.7 Å². The number of hydrogen-bond acceptors (Lipinski definition) is 2. The van der Waals surface area contributed by atoms with E-state index in [0.29, 0.717) is 6.61 Å². The molecule has 0 spiro atoms. The van der Waals surface area contributed by atoms with Crippen molar-refractivity contribution in [3.63, 3.8) is 0 Å². The van der Waals surface area contributed by atoms with E-state index in [1.165, 1.54) is 17.2 Å². The Balaban J connectivity index is 1.71. The van der Waals surface area contributed by atoms with Crippen LogP contribution in [-0.2, 0) is 0 Å². The zero-order valence-electron chi connectivity index (χ0n) is 11.1. The van der Waals surface area contributed by atoms with Crippen LogP contribution < -0.4 is 4.74 Å². The maximum Gasteiger partial charge on any atom is 0.120 e. The highest BCUT2D eigenvalue weighted by Crippen LogP contribution is 2.29. The largest absolute Gasteiger partial charge is 0.491 e. The summed E-state index contributed by atoms with van der Waals surface area (Å²) >= 11 is 0. The van der Waals surface area contributed by atoms with Gasteiger partial charge in [0.2, 0.25) is 0 Å². The Hall–Kier alpha value is -1.54. The molecule has 0 saturated heterocycles. The van der Waals surface area contributed by atoms with Gasteiger partial charge in [0.25, 0.3) is 0 Å². The van der Waals surface area contributed by atoms with Gasteiger partial charge in [-0.25, -0.2) is 0 Å². The van der Waals surface area contributed by atoms with Crippen LogP contribution in [0, 0.1) is 0 Å².